The van der Waals surface area contributed by atoms with Crippen LogP contribution in [0.5, 0.6) is 5.75 Å². The summed E-state index contributed by atoms with van der Waals surface area (Å²) in [6.45, 7) is 3.60. The van der Waals surface area contributed by atoms with Crippen LogP contribution in [-0.2, 0) is 0 Å². The normalized spacial score (nSPS) is 10.4. The quantitative estimate of drug-likeness (QED) is 0.600. The van der Waals surface area contributed by atoms with Gasteiger partial charge in [0.1, 0.15) is 5.75 Å². The summed E-state index contributed by atoms with van der Waals surface area (Å²) in [4.78, 5) is 25.5. The van der Waals surface area contributed by atoms with E-state index in [9.17, 15) is 9.59 Å². The lowest BCUT2D eigenvalue weighted by atomic mass is 10.1. The number of hydrogen-bond donors (Lipinski definition) is 3. The zero-order chi connectivity index (χ0) is 20.3. The van der Waals surface area contributed by atoms with Gasteiger partial charge in [-0.1, -0.05) is 23.7 Å². The summed E-state index contributed by atoms with van der Waals surface area (Å²) >= 11 is 6.00. The van der Waals surface area contributed by atoms with Crippen LogP contribution in [-0.4, -0.2) is 29.1 Å². The van der Waals surface area contributed by atoms with Crippen LogP contribution in [0, 0.1) is 13.8 Å². The van der Waals surface area contributed by atoms with Crippen LogP contribution in [0.4, 0.5) is 11.4 Å². The highest BCUT2D eigenvalue weighted by molar-refractivity contribution is 6.31. The number of aryl methyl sites for hydroxylation is 2. The van der Waals surface area contributed by atoms with Crippen molar-refractivity contribution in [2.24, 2.45) is 0 Å². The lowest BCUT2D eigenvalue weighted by Gasteiger charge is -2.13. The van der Waals surface area contributed by atoms with Crippen molar-refractivity contribution in [2.45, 2.75) is 13.8 Å². The Morgan fingerprint density at radius 1 is 1.04 bits per heavy atom. The third kappa shape index (κ3) is 3.99. The Labute approximate surface area is 167 Å². The Balaban J connectivity index is 1.87. The van der Waals surface area contributed by atoms with Crippen LogP contribution < -0.4 is 15.4 Å². The van der Waals surface area contributed by atoms with Crippen molar-refractivity contribution in [1.82, 2.24) is 10.2 Å². The number of aromatic nitrogens is 2. The van der Waals surface area contributed by atoms with Crippen molar-refractivity contribution in [3.05, 3.63) is 70.0 Å². The maximum Gasteiger partial charge on any atom is 0.259 e. The molecule has 0 aliphatic rings. The summed E-state index contributed by atoms with van der Waals surface area (Å²) < 4.78 is 5.22. The van der Waals surface area contributed by atoms with E-state index in [1.807, 2.05) is 6.92 Å². The van der Waals surface area contributed by atoms with E-state index in [4.69, 9.17) is 16.3 Å². The summed E-state index contributed by atoms with van der Waals surface area (Å²) in [6.07, 6.45) is 0. The number of rotatable bonds is 5. The Hall–Kier alpha value is -3.32. The molecule has 1 heterocycles. The number of benzene rings is 2. The molecule has 3 rings (SSSR count). The molecule has 0 saturated heterocycles. The van der Waals surface area contributed by atoms with Gasteiger partial charge in [0.2, 0.25) is 0 Å². The van der Waals surface area contributed by atoms with E-state index < -0.39 is 5.91 Å². The van der Waals surface area contributed by atoms with Crippen molar-refractivity contribution in [3.63, 3.8) is 0 Å². The molecule has 0 radical (unpaired) electrons. The highest BCUT2D eigenvalue weighted by Gasteiger charge is 2.18. The molecule has 1 aromatic heterocycles. The first-order valence-corrected chi connectivity index (χ1v) is 8.85. The Kier molecular flexibility index (Phi) is 5.65. The first-order chi connectivity index (χ1) is 13.4. The number of nitrogens with one attached hydrogen (secondary N) is 3. The van der Waals surface area contributed by atoms with E-state index in [2.05, 4.69) is 20.8 Å². The minimum absolute atomic E-state index is 0.270. The molecule has 2 amide bonds. The van der Waals surface area contributed by atoms with E-state index in [0.717, 1.165) is 5.69 Å². The molecule has 0 bridgehead atoms. The number of aromatic amines is 1. The van der Waals surface area contributed by atoms with Gasteiger partial charge in [-0.25, -0.2) is 0 Å². The second kappa shape index (κ2) is 8.14. The molecule has 3 N–H and O–H groups in total. The number of nitrogens with zero attached hydrogens (tertiary/aromatic N) is 1. The fourth-order valence-corrected chi connectivity index (χ4v) is 2.93. The highest BCUT2D eigenvalue weighted by Crippen LogP contribution is 2.25. The standard InChI is InChI=1S/C20H19ClN4O3/c1-11-18(12(2)25-24-11)23-19(26)14-6-4-5-7-16(14)22-20(27)15-10-13(21)8-9-17(15)28-3/h4-10H,1-3H3,(H,22,27)(H,23,26)(H,24,25). The van der Waals surface area contributed by atoms with Gasteiger partial charge in [0, 0.05) is 5.02 Å². The van der Waals surface area contributed by atoms with Crippen LogP contribution in [0.2, 0.25) is 5.02 Å². The van der Waals surface area contributed by atoms with Crippen molar-refractivity contribution < 1.29 is 14.3 Å². The predicted molar refractivity (Wildman–Crippen MR) is 108 cm³/mol. The Bertz CT molecular complexity index is 1030. The van der Waals surface area contributed by atoms with Crippen molar-refractivity contribution in [1.29, 1.82) is 0 Å². The van der Waals surface area contributed by atoms with E-state index in [1.54, 1.807) is 43.3 Å². The first-order valence-electron chi connectivity index (χ1n) is 8.47. The Morgan fingerprint density at radius 2 is 1.75 bits per heavy atom. The Morgan fingerprint density at radius 3 is 2.43 bits per heavy atom. The van der Waals surface area contributed by atoms with Gasteiger partial charge in [-0.2, -0.15) is 5.10 Å². The largest absolute Gasteiger partial charge is 0.496 e. The number of para-hydroxylation sites is 1. The molecular weight excluding hydrogens is 380 g/mol. The number of carbonyl (C=O) groups is 2. The number of methoxy groups -OCH3 is 1. The average molecular weight is 399 g/mol. The number of anilines is 2. The van der Waals surface area contributed by atoms with Gasteiger partial charge < -0.3 is 15.4 Å². The third-order valence-electron chi connectivity index (χ3n) is 4.19. The summed E-state index contributed by atoms with van der Waals surface area (Å²) in [6, 6.07) is 11.5. The molecule has 0 fully saturated rings. The molecule has 2 aromatic carbocycles. The smallest absolute Gasteiger partial charge is 0.259 e. The van der Waals surface area contributed by atoms with Crippen molar-refractivity contribution >= 4 is 34.8 Å². The van der Waals surface area contributed by atoms with Crippen LogP contribution >= 0.6 is 11.6 Å². The van der Waals surface area contributed by atoms with E-state index in [0.29, 0.717) is 33.4 Å². The van der Waals surface area contributed by atoms with E-state index in [1.165, 1.54) is 13.2 Å². The summed E-state index contributed by atoms with van der Waals surface area (Å²) in [5, 5.41) is 12.9. The lowest BCUT2D eigenvalue weighted by Crippen LogP contribution is -2.19. The molecule has 144 valence electrons. The predicted octanol–water partition coefficient (Wildman–Crippen LogP) is 4.19. The van der Waals surface area contributed by atoms with Gasteiger partial charge in [0.05, 0.1) is 41.0 Å². The second-order valence-electron chi connectivity index (χ2n) is 6.11. The van der Waals surface area contributed by atoms with Crippen LogP contribution in [0.25, 0.3) is 0 Å². The van der Waals surface area contributed by atoms with Gasteiger partial charge >= 0.3 is 0 Å². The van der Waals surface area contributed by atoms with Gasteiger partial charge in [0.25, 0.3) is 11.8 Å². The number of carbonyl (C=O) groups excluding carboxylic acids is 2. The molecule has 0 atom stereocenters. The topological polar surface area (TPSA) is 96.1 Å². The lowest BCUT2D eigenvalue weighted by molar-refractivity contribution is 0.102. The average Bonchev–Trinajstić information content (AvgIpc) is 3.00. The second-order valence-corrected chi connectivity index (χ2v) is 6.54. The number of amides is 2. The number of H-pyrrole nitrogens is 1. The number of hydrogen-bond acceptors (Lipinski definition) is 4. The van der Waals surface area contributed by atoms with E-state index in [-0.39, 0.29) is 11.5 Å². The number of ether oxygens (including phenoxy) is 1. The van der Waals surface area contributed by atoms with Gasteiger partial charge in [0.15, 0.2) is 0 Å². The molecule has 7 nitrogen and oxygen atoms in total. The molecule has 0 saturated carbocycles. The summed E-state index contributed by atoms with van der Waals surface area (Å²) in [5.74, 6) is -0.412. The van der Waals surface area contributed by atoms with Crippen molar-refractivity contribution in [2.75, 3.05) is 17.7 Å². The minimum atomic E-state index is -0.435. The van der Waals surface area contributed by atoms with E-state index >= 15 is 0 Å². The zero-order valence-corrected chi connectivity index (χ0v) is 16.3. The molecule has 8 heteroatoms. The molecule has 3 aromatic rings. The monoisotopic (exact) mass is 398 g/mol. The highest BCUT2D eigenvalue weighted by atomic mass is 35.5. The fraction of sp³-hybridized carbons (Fsp3) is 0.150. The fourth-order valence-electron chi connectivity index (χ4n) is 2.75. The maximum atomic E-state index is 12.8. The third-order valence-corrected chi connectivity index (χ3v) is 4.43. The number of halogens is 1. The van der Waals surface area contributed by atoms with Gasteiger partial charge in [-0.05, 0) is 44.2 Å². The SMILES string of the molecule is COc1ccc(Cl)cc1C(=O)Nc1ccccc1C(=O)Nc1c(C)n[nH]c1C. The molecule has 28 heavy (non-hydrogen) atoms. The summed E-state index contributed by atoms with van der Waals surface area (Å²) in [7, 11) is 1.47. The molecule has 0 unspecified atom stereocenters. The van der Waals surface area contributed by atoms with Gasteiger partial charge in [-0.3, -0.25) is 14.7 Å². The van der Waals surface area contributed by atoms with Gasteiger partial charge in [-0.15, -0.1) is 0 Å². The van der Waals surface area contributed by atoms with Crippen LogP contribution in [0.1, 0.15) is 32.1 Å². The zero-order valence-electron chi connectivity index (χ0n) is 15.6. The van der Waals surface area contributed by atoms with Crippen molar-refractivity contribution in [3.8, 4) is 5.75 Å². The minimum Gasteiger partial charge on any atom is -0.496 e. The molecular formula is C20H19ClN4O3. The molecule has 0 aliphatic carbocycles. The van der Waals surface area contributed by atoms with Crippen LogP contribution in [0.3, 0.4) is 0 Å². The molecule has 0 spiro atoms. The maximum absolute atomic E-state index is 12.8. The van der Waals surface area contributed by atoms with Crippen LogP contribution in [0.15, 0.2) is 42.5 Å². The molecule has 0 aliphatic heterocycles. The first kappa shape index (κ1) is 19.4. The summed E-state index contributed by atoms with van der Waals surface area (Å²) in [5.41, 5.74) is 2.99.